The maximum atomic E-state index is 12.2. The van der Waals surface area contributed by atoms with Gasteiger partial charge in [0.05, 0.1) is 18.2 Å². The number of hydrogen-bond acceptors (Lipinski definition) is 6. The summed E-state index contributed by atoms with van der Waals surface area (Å²) >= 11 is 0. The molecule has 0 aliphatic carbocycles. The highest BCUT2D eigenvalue weighted by atomic mass is 16.5. The van der Waals surface area contributed by atoms with Gasteiger partial charge in [-0.1, -0.05) is 30.3 Å². The van der Waals surface area contributed by atoms with Crippen molar-refractivity contribution in [1.82, 2.24) is 0 Å². The summed E-state index contributed by atoms with van der Waals surface area (Å²) in [5.74, 6) is -0.656. The fourth-order valence-corrected chi connectivity index (χ4v) is 2.59. The summed E-state index contributed by atoms with van der Waals surface area (Å²) in [6.07, 6.45) is 0. The zero-order chi connectivity index (χ0) is 21.3. The second-order valence-corrected chi connectivity index (χ2v) is 6.10. The van der Waals surface area contributed by atoms with Crippen molar-refractivity contribution in [2.24, 2.45) is 0 Å². The van der Waals surface area contributed by atoms with Crippen LogP contribution in [-0.2, 0) is 14.3 Å². The lowest BCUT2D eigenvalue weighted by Gasteiger charge is -2.10. The van der Waals surface area contributed by atoms with Crippen LogP contribution in [0.1, 0.15) is 20.7 Å². The Bertz CT molecular complexity index is 1030. The molecule has 7 nitrogen and oxygen atoms in total. The molecule has 0 fully saturated rings. The molecular formula is C23H19NO6. The zero-order valence-corrected chi connectivity index (χ0v) is 16.2. The van der Waals surface area contributed by atoms with Crippen molar-refractivity contribution in [2.45, 2.75) is 0 Å². The molecule has 0 saturated heterocycles. The van der Waals surface area contributed by atoms with E-state index in [1.807, 2.05) is 30.3 Å². The van der Waals surface area contributed by atoms with E-state index in [1.54, 1.807) is 36.4 Å². The Morgan fingerprint density at radius 2 is 1.30 bits per heavy atom. The summed E-state index contributed by atoms with van der Waals surface area (Å²) in [6, 6.07) is 22.1. The smallest absolute Gasteiger partial charge is 0.339 e. The molecule has 1 N–H and O–H groups in total. The first-order valence-electron chi connectivity index (χ1n) is 9.04. The number of carbonyl (C=O) groups excluding carboxylic acids is 3. The molecule has 0 heterocycles. The number of esters is 2. The summed E-state index contributed by atoms with van der Waals surface area (Å²) in [7, 11) is 1.22. The van der Waals surface area contributed by atoms with E-state index in [0.29, 0.717) is 17.2 Å². The molecule has 0 aliphatic heterocycles. The monoisotopic (exact) mass is 405 g/mol. The lowest BCUT2D eigenvalue weighted by molar-refractivity contribution is -0.119. The van der Waals surface area contributed by atoms with E-state index < -0.39 is 24.5 Å². The van der Waals surface area contributed by atoms with E-state index in [1.165, 1.54) is 19.2 Å². The Morgan fingerprint density at radius 3 is 1.93 bits per heavy atom. The number of para-hydroxylation sites is 1. The van der Waals surface area contributed by atoms with Crippen LogP contribution in [0.25, 0.3) is 0 Å². The van der Waals surface area contributed by atoms with E-state index in [9.17, 15) is 14.4 Å². The van der Waals surface area contributed by atoms with Crippen molar-refractivity contribution in [3.8, 4) is 11.5 Å². The van der Waals surface area contributed by atoms with E-state index >= 15 is 0 Å². The highest BCUT2D eigenvalue weighted by molar-refractivity contribution is 6.04. The van der Waals surface area contributed by atoms with Gasteiger partial charge in [-0.2, -0.15) is 0 Å². The lowest BCUT2D eigenvalue weighted by Crippen LogP contribution is -2.22. The summed E-state index contributed by atoms with van der Waals surface area (Å²) in [6.45, 7) is -0.503. The second kappa shape index (κ2) is 9.88. The van der Waals surface area contributed by atoms with Crippen molar-refractivity contribution in [2.75, 3.05) is 19.0 Å². The topological polar surface area (TPSA) is 90.9 Å². The van der Waals surface area contributed by atoms with Gasteiger partial charge in [-0.05, 0) is 48.5 Å². The van der Waals surface area contributed by atoms with Gasteiger partial charge in [0, 0.05) is 5.69 Å². The van der Waals surface area contributed by atoms with Crippen LogP contribution in [0, 0.1) is 0 Å². The van der Waals surface area contributed by atoms with E-state index in [2.05, 4.69) is 10.1 Å². The number of anilines is 1. The van der Waals surface area contributed by atoms with Gasteiger partial charge in [0.2, 0.25) is 0 Å². The summed E-state index contributed by atoms with van der Waals surface area (Å²) in [4.78, 5) is 36.1. The molecule has 152 valence electrons. The second-order valence-electron chi connectivity index (χ2n) is 6.10. The van der Waals surface area contributed by atoms with Gasteiger partial charge in [0.25, 0.3) is 5.91 Å². The van der Waals surface area contributed by atoms with Crippen molar-refractivity contribution in [3.63, 3.8) is 0 Å². The average Bonchev–Trinajstić information content (AvgIpc) is 2.79. The number of hydrogen-bond donors (Lipinski definition) is 1. The van der Waals surface area contributed by atoms with Crippen LogP contribution < -0.4 is 10.1 Å². The van der Waals surface area contributed by atoms with E-state index in [0.717, 1.165) is 0 Å². The number of carbonyl (C=O) groups is 3. The van der Waals surface area contributed by atoms with Gasteiger partial charge in [0.15, 0.2) is 6.61 Å². The third-order valence-corrected chi connectivity index (χ3v) is 4.00. The van der Waals surface area contributed by atoms with E-state index in [4.69, 9.17) is 9.47 Å². The minimum atomic E-state index is -0.794. The van der Waals surface area contributed by atoms with Crippen molar-refractivity contribution in [1.29, 1.82) is 0 Å². The van der Waals surface area contributed by atoms with Gasteiger partial charge >= 0.3 is 11.9 Å². The fourth-order valence-electron chi connectivity index (χ4n) is 2.59. The predicted molar refractivity (Wildman–Crippen MR) is 110 cm³/mol. The SMILES string of the molecule is COC(=O)c1ccccc1C(=O)OCC(=O)Nc1ccc(Oc2ccccc2)cc1. The number of amides is 1. The fraction of sp³-hybridized carbons (Fsp3) is 0.0870. The van der Waals surface area contributed by atoms with Gasteiger partial charge in [-0.15, -0.1) is 0 Å². The average molecular weight is 405 g/mol. The highest BCUT2D eigenvalue weighted by Crippen LogP contribution is 2.22. The normalized spacial score (nSPS) is 10.0. The molecule has 0 bridgehead atoms. The Kier molecular flexibility index (Phi) is 6.78. The molecular weight excluding hydrogens is 386 g/mol. The van der Waals surface area contributed by atoms with Crippen LogP contribution in [-0.4, -0.2) is 31.6 Å². The first-order valence-corrected chi connectivity index (χ1v) is 9.04. The van der Waals surface area contributed by atoms with Crippen LogP contribution >= 0.6 is 0 Å². The Labute approximate surface area is 173 Å². The standard InChI is InChI=1S/C23H19NO6/c1-28-22(26)19-9-5-6-10-20(19)23(27)29-15-21(25)24-16-11-13-18(14-12-16)30-17-7-3-2-4-8-17/h2-14H,15H2,1H3,(H,24,25). The molecule has 0 unspecified atom stereocenters. The van der Waals surface area contributed by atoms with Crippen LogP contribution in [0.15, 0.2) is 78.9 Å². The molecule has 0 radical (unpaired) electrons. The highest BCUT2D eigenvalue weighted by Gasteiger charge is 2.19. The van der Waals surface area contributed by atoms with Crippen molar-refractivity contribution >= 4 is 23.5 Å². The first kappa shape index (κ1) is 20.6. The van der Waals surface area contributed by atoms with Crippen molar-refractivity contribution < 1.29 is 28.6 Å². The molecule has 3 aromatic rings. The van der Waals surface area contributed by atoms with Gasteiger partial charge < -0.3 is 19.5 Å². The predicted octanol–water partition coefficient (Wildman–Crippen LogP) is 4.06. The quantitative estimate of drug-likeness (QED) is 0.596. The number of methoxy groups -OCH3 is 1. The molecule has 0 saturated carbocycles. The largest absolute Gasteiger partial charge is 0.465 e. The minimum absolute atomic E-state index is 0.0274. The lowest BCUT2D eigenvalue weighted by atomic mass is 10.1. The van der Waals surface area contributed by atoms with Crippen LogP contribution in [0.3, 0.4) is 0 Å². The number of nitrogens with one attached hydrogen (secondary N) is 1. The zero-order valence-electron chi connectivity index (χ0n) is 16.2. The number of benzene rings is 3. The number of ether oxygens (including phenoxy) is 3. The Morgan fingerprint density at radius 1 is 0.733 bits per heavy atom. The minimum Gasteiger partial charge on any atom is -0.465 e. The third kappa shape index (κ3) is 5.45. The molecule has 0 atom stereocenters. The molecule has 0 aliphatic rings. The molecule has 3 rings (SSSR count). The van der Waals surface area contributed by atoms with Gasteiger partial charge in [0.1, 0.15) is 11.5 Å². The summed E-state index contributed by atoms with van der Waals surface area (Å²) < 4.78 is 15.3. The van der Waals surface area contributed by atoms with Crippen LogP contribution in [0.2, 0.25) is 0 Å². The Hall–Kier alpha value is -4.13. The first-order chi connectivity index (χ1) is 14.6. The van der Waals surface area contributed by atoms with Gasteiger partial charge in [-0.3, -0.25) is 4.79 Å². The maximum absolute atomic E-state index is 12.2. The summed E-state index contributed by atoms with van der Waals surface area (Å²) in [5.41, 5.74) is 0.616. The molecule has 0 spiro atoms. The summed E-state index contributed by atoms with van der Waals surface area (Å²) in [5, 5.41) is 2.63. The molecule has 3 aromatic carbocycles. The molecule has 30 heavy (non-hydrogen) atoms. The molecule has 7 heteroatoms. The molecule has 0 aromatic heterocycles. The van der Waals surface area contributed by atoms with Crippen molar-refractivity contribution in [3.05, 3.63) is 90.0 Å². The van der Waals surface area contributed by atoms with Crippen LogP contribution in [0.4, 0.5) is 5.69 Å². The Balaban J connectivity index is 1.54. The van der Waals surface area contributed by atoms with Gasteiger partial charge in [-0.25, -0.2) is 9.59 Å². The molecule has 1 amide bonds. The third-order valence-electron chi connectivity index (χ3n) is 4.00. The maximum Gasteiger partial charge on any atom is 0.339 e. The number of rotatable bonds is 7. The van der Waals surface area contributed by atoms with E-state index in [-0.39, 0.29) is 11.1 Å². The van der Waals surface area contributed by atoms with Crippen LogP contribution in [0.5, 0.6) is 11.5 Å².